The van der Waals surface area contributed by atoms with Crippen molar-refractivity contribution in [1.82, 2.24) is 5.32 Å². The van der Waals surface area contributed by atoms with Crippen LogP contribution < -0.4 is 11.1 Å². The van der Waals surface area contributed by atoms with Crippen molar-refractivity contribution in [1.29, 1.82) is 0 Å². The molecular formula is C11H22N2O. The molecule has 1 aliphatic carbocycles. The van der Waals surface area contributed by atoms with Crippen molar-refractivity contribution in [2.24, 2.45) is 23.0 Å². The van der Waals surface area contributed by atoms with Crippen molar-refractivity contribution in [3.8, 4) is 0 Å². The van der Waals surface area contributed by atoms with Crippen LogP contribution in [0.25, 0.3) is 0 Å². The molecular weight excluding hydrogens is 176 g/mol. The minimum Gasteiger partial charge on any atom is -0.354 e. The lowest BCUT2D eigenvalue weighted by Crippen LogP contribution is -2.44. The molecule has 0 spiro atoms. The molecule has 1 fully saturated rings. The SMILES string of the molecule is CC(C)[C@@H](N)C(=O)NCC1CC1(C)C. The monoisotopic (exact) mass is 198 g/mol. The van der Waals surface area contributed by atoms with Gasteiger partial charge < -0.3 is 11.1 Å². The number of carbonyl (C=O) groups excluding carboxylic acids is 1. The molecule has 0 aliphatic heterocycles. The molecule has 0 radical (unpaired) electrons. The summed E-state index contributed by atoms with van der Waals surface area (Å²) in [5, 5.41) is 2.92. The van der Waals surface area contributed by atoms with E-state index in [2.05, 4.69) is 19.2 Å². The molecule has 0 aromatic carbocycles. The predicted octanol–water partition coefficient (Wildman–Crippen LogP) is 1.13. The fourth-order valence-corrected chi connectivity index (χ4v) is 1.57. The third-order valence-electron chi connectivity index (χ3n) is 3.26. The molecule has 3 N–H and O–H groups in total. The Labute approximate surface area is 86.4 Å². The number of rotatable bonds is 4. The van der Waals surface area contributed by atoms with Gasteiger partial charge in [0.25, 0.3) is 0 Å². The standard InChI is InChI=1S/C11H22N2O/c1-7(2)9(12)10(14)13-6-8-5-11(8,3)4/h7-9H,5-6,12H2,1-4H3,(H,13,14)/t8?,9-/m1/s1. The van der Waals surface area contributed by atoms with Gasteiger partial charge in [-0.2, -0.15) is 0 Å². The van der Waals surface area contributed by atoms with E-state index in [0.29, 0.717) is 11.3 Å². The Balaban J connectivity index is 2.22. The molecule has 1 amide bonds. The maximum absolute atomic E-state index is 11.5. The Morgan fingerprint density at radius 1 is 1.57 bits per heavy atom. The maximum Gasteiger partial charge on any atom is 0.237 e. The highest BCUT2D eigenvalue weighted by atomic mass is 16.2. The highest BCUT2D eigenvalue weighted by Crippen LogP contribution is 2.50. The Hall–Kier alpha value is -0.570. The summed E-state index contributed by atoms with van der Waals surface area (Å²) >= 11 is 0. The van der Waals surface area contributed by atoms with Crippen LogP contribution in [0.15, 0.2) is 0 Å². The van der Waals surface area contributed by atoms with Crippen LogP contribution in [0.5, 0.6) is 0 Å². The zero-order valence-corrected chi connectivity index (χ0v) is 9.63. The number of carbonyl (C=O) groups is 1. The fraction of sp³-hybridized carbons (Fsp3) is 0.909. The molecule has 1 saturated carbocycles. The summed E-state index contributed by atoms with van der Waals surface area (Å²) in [5.41, 5.74) is 6.15. The van der Waals surface area contributed by atoms with E-state index >= 15 is 0 Å². The largest absolute Gasteiger partial charge is 0.354 e. The molecule has 0 saturated heterocycles. The minimum absolute atomic E-state index is 0.0114. The molecule has 2 atom stereocenters. The van der Waals surface area contributed by atoms with Crippen molar-refractivity contribution in [3.05, 3.63) is 0 Å². The van der Waals surface area contributed by atoms with Gasteiger partial charge in [0.05, 0.1) is 6.04 Å². The van der Waals surface area contributed by atoms with E-state index in [4.69, 9.17) is 5.73 Å². The zero-order valence-electron chi connectivity index (χ0n) is 9.63. The minimum atomic E-state index is -0.364. The number of nitrogens with one attached hydrogen (secondary N) is 1. The Morgan fingerprint density at radius 2 is 2.07 bits per heavy atom. The van der Waals surface area contributed by atoms with Crippen molar-refractivity contribution >= 4 is 5.91 Å². The van der Waals surface area contributed by atoms with Crippen LogP contribution >= 0.6 is 0 Å². The molecule has 3 nitrogen and oxygen atoms in total. The van der Waals surface area contributed by atoms with Crippen molar-refractivity contribution in [2.75, 3.05) is 6.54 Å². The van der Waals surface area contributed by atoms with Crippen LogP contribution in [-0.4, -0.2) is 18.5 Å². The molecule has 1 unspecified atom stereocenters. The first-order valence-corrected chi connectivity index (χ1v) is 5.38. The summed E-state index contributed by atoms with van der Waals surface area (Å²) in [6.45, 7) is 9.17. The zero-order chi connectivity index (χ0) is 10.9. The topological polar surface area (TPSA) is 55.1 Å². The molecule has 3 heteroatoms. The van der Waals surface area contributed by atoms with Gasteiger partial charge in [-0.1, -0.05) is 27.7 Å². The van der Waals surface area contributed by atoms with Crippen molar-refractivity contribution in [3.63, 3.8) is 0 Å². The Kier molecular flexibility index (Phi) is 3.20. The first-order chi connectivity index (χ1) is 6.34. The lowest BCUT2D eigenvalue weighted by atomic mass is 10.0. The van der Waals surface area contributed by atoms with Crippen LogP contribution in [0.4, 0.5) is 0 Å². The molecule has 0 aromatic rings. The van der Waals surface area contributed by atoms with E-state index < -0.39 is 0 Å². The van der Waals surface area contributed by atoms with Gasteiger partial charge in [-0.3, -0.25) is 4.79 Å². The first-order valence-electron chi connectivity index (χ1n) is 5.38. The molecule has 1 rings (SSSR count). The van der Waals surface area contributed by atoms with E-state index in [1.54, 1.807) is 0 Å². The van der Waals surface area contributed by atoms with Crippen LogP contribution in [0.3, 0.4) is 0 Å². The van der Waals surface area contributed by atoms with Crippen molar-refractivity contribution in [2.45, 2.75) is 40.2 Å². The number of hydrogen-bond donors (Lipinski definition) is 2. The average Bonchev–Trinajstić information content (AvgIpc) is 2.68. The Morgan fingerprint density at radius 3 is 2.43 bits per heavy atom. The summed E-state index contributed by atoms with van der Waals surface area (Å²) in [6, 6.07) is -0.364. The quantitative estimate of drug-likeness (QED) is 0.711. The summed E-state index contributed by atoms with van der Waals surface area (Å²) in [4.78, 5) is 11.5. The number of nitrogens with two attached hydrogens (primary N) is 1. The van der Waals surface area contributed by atoms with Crippen LogP contribution in [-0.2, 0) is 4.79 Å². The Bertz CT molecular complexity index is 223. The number of hydrogen-bond acceptors (Lipinski definition) is 2. The molecule has 1 aliphatic rings. The van der Waals surface area contributed by atoms with E-state index in [0.717, 1.165) is 6.54 Å². The first kappa shape index (κ1) is 11.5. The lowest BCUT2D eigenvalue weighted by Gasteiger charge is -2.15. The average molecular weight is 198 g/mol. The van der Waals surface area contributed by atoms with E-state index in [1.165, 1.54) is 6.42 Å². The van der Waals surface area contributed by atoms with Gasteiger partial charge in [0.2, 0.25) is 5.91 Å². The summed E-state index contributed by atoms with van der Waals surface area (Å²) in [6.07, 6.45) is 1.21. The van der Waals surface area contributed by atoms with Gasteiger partial charge in [-0.25, -0.2) is 0 Å². The third-order valence-corrected chi connectivity index (χ3v) is 3.26. The molecule has 82 valence electrons. The van der Waals surface area contributed by atoms with Crippen LogP contribution in [0.1, 0.15) is 34.1 Å². The summed E-state index contributed by atoms with van der Waals surface area (Å²) in [7, 11) is 0. The van der Waals surface area contributed by atoms with Crippen molar-refractivity contribution < 1.29 is 4.79 Å². The van der Waals surface area contributed by atoms with E-state index in [9.17, 15) is 4.79 Å². The summed E-state index contributed by atoms with van der Waals surface area (Å²) in [5.74, 6) is 0.843. The third kappa shape index (κ3) is 2.71. The molecule has 0 bridgehead atoms. The summed E-state index contributed by atoms with van der Waals surface area (Å²) < 4.78 is 0. The smallest absolute Gasteiger partial charge is 0.237 e. The van der Waals surface area contributed by atoms with Gasteiger partial charge in [0.1, 0.15) is 0 Å². The molecule has 0 heterocycles. The van der Waals surface area contributed by atoms with Gasteiger partial charge in [-0.15, -0.1) is 0 Å². The van der Waals surface area contributed by atoms with E-state index in [1.807, 2.05) is 13.8 Å². The van der Waals surface area contributed by atoms with Gasteiger partial charge >= 0.3 is 0 Å². The molecule has 14 heavy (non-hydrogen) atoms. The van der Waals surface area contributed by atoms with Crippen LogP contribution in [0, 0.1) is 17.3 Å². The second kappa shape index (κ2) is 3.89. The molecule has 0 aromatic heterocycles. The van der Waals surface area contributed by atoms with Gasteiger partial charge in [0, 0.05) is 6.54 Å². The highest BCUT2D eigenvalue weighted by Gasteiger charge is 2.45. The lowest BCUT2D eigenvalue weighted by molar-refractivity contribution is -0.123. The van der Waals surface area contributed by atoms with Gasteiger partial charge in [-0.05, 0) is 23.7 Å². The van der Waals surface area contributed by atoms with Gasteiger partial charge in [0.15, 0.2) is 0 Å². The van der Waals surface area contributed by atoms with E-state index in [-0.39, 0.29) is 17.9 Å². The van der Waals surface area contributed by atoms with Crippen LogP contribution in [0.2, 0.25) is 0 Å². The second-order valence-electron chi connectivity index (χ2n) is 5.40. The second-order valence-corrected chi connectivity index (χ2v) is 5.40. The number of amides is 1. The maximum atomic E-state index is 11.5. The predicted molar refractivity (Wildman–Crippen MR) is 57.7 cm³/mol. The normalized spacial score (nSPS) is 26.0. The highest BCUT2D eigenvalue weighted by molar-refractivity contribution is 5.81. The fourth-order valence-electron chi connectivity index (χ4n) is 1.57.